The molecule has 1 aromatic carbocycles. The summed E-state index contributed by atoms with van der Waals surface area (Å²) in [6.07, 6.45) is 1.23. The van der Waals surface area contributed by atoms with Crippen molar-refractivity contribution in [2.45, 2.75) is 32.0 Å². The zero-order valence-electron chi connectivity index (χ0n) is 13.8. The second-order valence-electron chi connectivity index (χ2n) is 6.02. The fraction of sp³-hybridized carbons (Fsp3) is 0.500. The summed E-state index contributed by atoms with van der Waals surface area (Å²) in [5.41, 5.74) is 8.16. The Kier molecular flexibility index (Phi) is 5.95. The number of hydrazine groups is 1. The molecule has 1 heterocycles. The summed E-state index contributed by atoms with van der Waals surface area (Å²) in [4.78, 5) is 25.6. The fourth-order valence-corrected chi connectivity index (χ4v) is 2.39. The molecule has 0 aromatic heterocycles. The van der Waals surface area contributed by atoms with Gasteiger partial charge in [0, 0.05) is 32.4 Å². The highest BCUT2D eigenvalue weighted by atomic mass is 16.2. The first-order valence-electron chi connectivity index (χ1n) is 7.81. The maximum absolute atomic E-state index is 11.8. The molecule has 4 N–H and O–H groups in total. The molecular formula is C16H25N5O2. The van der Waals surface area contributed by atoms with E-state index in [1.165, 1.54) is 0 Å². The van der Waals surface area contributed by atoms with Gasteiger partial charge >= 0.3 is 11.8 Å². The lowest BCUT2D eigenvalue weighted by atomic mass is 10.1. The zero-order valence-corrected chi connectivity index (χ0v) is 13.8. The minimum Gasteiger partial charge on any atom is -0.378 e. The summed E-state index contributed by atoms with van der Waals surface area (Å²) in [6, 6.07) is 8.38. The number of hydrogen-bond donors (Lipinski definition) is 4. The predicted molar refractivity (Wildman–Crippen MR) is 89.8 cm³/mol. The quantitative estimate of drug-likeness (QED) is 0.562. The van der Waals surface area contributed by atoms with Crippen molar-refractivity contribution in [3.8, 4) is 0 Å². The standard InChI is InChI=1S/C16H25N5O2/c1-11-10-14(20-19-11)18-16(23)15(22)17-9-8-12-4-6-13(7-5-12)21(2)3/h4-7,11,14,19-20H,8-10H2,1-3H3,(H,17,22)(H,18,23). The van der Waals surface area contributed by atoms with E-state index in [0.717, 1.165) is 17.7 Å². The average molecular weight is 319 g/mol. The third-order valence-electron chi connectivity index (χ3n) is 3.76. The molecule has 1 aromatic rings. The van der Waals surface area contributed by atoms with E-state index in [9.17, 15) is 9.59 Å². The van der Waals surface area contributed by atoms with E-state index in [4.69, 9.17) is 0 Å². The van der Waals surface area contributed by atoms with Gasteiger partial charge in [0.2, 0.25) is 0 Å². The summed E-state index contributed by atoms with van der Waals surface area (Å²) in [6.45, 7) is 2.43. The summed E-state index contributed by atoms with van der Waals surface area (Å²) in [7, 11) is 3.98. The van der Waals surface area contributed by atoms with Crippen LogP contribution in [0.5, 0.6) is 0 Å². The Balaban J connectivity index is 1.70. The van der Waals surface area contributed by atoms with Crippen LogP contribution in [0.15, 0.2) is 24.3 Å². The van der Waals surface area contributed by atoms with Crippen LogP contribution in [0.1, 0.15) is 18.9 Å². The highest BCUT2D eigenvalue weighted by Crippen LogP contribution is 2.12. The van der Waals surface area contributed by atoms with Crippen LogP contribution < -0.4 is 26.4 Å². The molecule has 2 amide bonds. The van der Waals surface area contributed by atoms with Crippen molar-refractivity contribution < 1.29 is 9.59 Å². The second-order valence-corrected chi connectivity index (χ2v) is 6.02. The molecule has 2 unspecified atom stereocenters. The van der Waals surface area contributed by atoms with Gasteiger partial charge in [0.05, 0.1) is 6.17 Å². The molecule has 1 aliphatic heterocycles. The molecule has 7 heteroatoms. The molecule has 0 aliphatic carbocycles. The van der Waals surface area contributed by atoms with Crippen molar-refractivity contribution in [1.29, 1.82) is 0 Å². The van der Waals surface area contributed by atoms with Gasteiger partial charge in [-0.15, -0.1) is 0 Å². The molecule has 23 heavy (non-hydrogen) atoms. The Bertz CT molecular complexity index is 544. The van der Waals surface area contributed by atoms with Gasteiger partial charge in [-0.25, -0.2) is 5.43 Å². The lowest BCUT2D eigenvalue weighted by Crippen LogP contribution is -2.49. The number of rotatable bonds is 5. The molecule has 126 valence electrons. The van der Waals surface area contributed by atoms with Crippen LogP contribution in [0.2, 0.25) is 0 Å². The molecule has 1 aliphatic rings. The highest BCUT2D eigenvalue weighted by Gasteiger charge is 2.24. The minimum absolute atomic E-state index is 0.207. The number of hydrogen-bond acceptors (Lipinski definition) is 5. The van der Waals surface area contributed by atoms with Crippen LogP contribution in [0, 0.1) is 0 Å². The van der Waals surface area contributed by atoms with E-state index in [2.05, 4.69) is 21.5 Å². The van der Waals surface area contributed by atoms with E-state index in [-0.39, 0.29) is 12.2 Å². The van der Waals surface area contributed by atoms with Gasteiger partial charge in [-0.05, 0) is 37.5 Å². The lowest BCUT2D eigenvalue weighted by molar-refractivity contribution is -0.139. The van der Waals surface area contributed by atoms with Crippen molar-refractivity contribution in [1.82, 2.24) is 21.5 Å². The van der Waals surface area contributed by atoms with Gasteiger partial charge in [0.1, 0.15) is 0 Å². The van der Waals surface area contributed by atoms with Gasteiger partial charge in [0.15, 0.2) is 0 Å². The highest BCUT2D eigenvalue weighted by molar-refractivity contribution is 6.35. The monoisotopic (exact) mass is 319 g/mol. The molecule has 2 atom stereocenters. The van der Waals surface area contributed by atoms with Crippen LogP contribution in [0.3, 0.4) is 0 Å². The molecule has 1 saturated heterocycles. The number of anilines is 1. The summed E-state index contributed by atoms with van der Waals surface area (Å²) < 4.78 is 0. The van der Waals surface area contributed by atoms with Crippen molar-refractivity contribution >= 4 is 17.5 Å². The topological polar surface area (TPSA) is 85.5 Å². The van der Waals surface area contributed by atoms with Crippen LogP contribution in [0.25, 0.3) is 0 Å². The molecule has 0 spiro atoms. The van der Waals surface area contributed by atoms with Crippen LogP contribution >= 0.6 is 0 Å². The Morgan fingerprint density at radius 2 is 1.87 bits per heavy atom. The number of amides is 2. The van der Waals surface area contributed by atoms with Crippen LogP contribution in [0.4, 0.5) is 5.69 Å². The maximum atomic E-state index is 11.8. The van der Waals surface area contributed by atoms with Crippen molar-refractivity contribution in [3.05, 3.63) is 29.8 Å². The van der Waals surface area contributed by atoms with Gasteiger partial charge in [-0.1, -0.05) is 12.1 Å². The van der Waals surface area contributed by atoms with E-state index in [1.54, 1.807) is 0 Å². The summed E-state index contributed by atoms with van der Waals surface area (Å²) >= 11 is 0. The lowest BCUT2D eigenvalue weighted by Gasteiger charge is -2.13. The zero-order chi connectivity index (χ0) is 16.8. The molecular weight excluding hydrogens is 294 g/mol. The van der Waals surface area contributed by atoms with Crippen molar-refractivity contribution in [3.63, 3.8) is 0 Å². The van der Waals surface area contributed by atoms with E-state index in [1.807, 2.05) is 50.2 Å². The number of carbonyl (C=O) groups excluding carboxylic acids is 2. The normalized spacial score (nSPS) is 20.1. The molecule has 0 saturated carbocycles. The van der Waals surface area contributed by atoms with Gasteiger partial charge in [-0.2, -0.15) is 0 Å². The van der Waals surface area contributed by atoms with E-state index >= 15 is 0 Å². The molecule has 0 bridgehead atoms. The molecule has 7 nitrogen and oxygen atoms in total. The summed E-state index contributed by atoms with van der Waals surface area (Å²) in [5.74, 6) is -1.21. The first kappa shape index (κ1) is 17.2. The molecule has 1 fully saturated rings. The smallest absolute Gasteiger partial charge is 0.310 e. The Hall–Kier alpha value is -2.12. The number of nitrogens with one attached hydrogen (secondary N) is 4. The van der Waals surface area contributed by atoms with E-state index < -0.39 is 11.8 Å². The first-order chi connectivity index (χ1) is 11.0. The van der Waals surface area contributed by atoms with Gasteiger partial charge in [0.25, 0.3) is 0 Å². The Morgan fingerprint density at radius 1 is 1.17 bits per heavy atom. The van der Waals surface area contributed by atoms with Crippen molar-refractivity contribution in [2.24, 2.45) is 0 Å². The molecule has 2 rings (SSSR count). The van der Waals surface area contributed by atoms with Gasteiger partial charge < -0.3 is 15.5 Å². The summed E-state index contributed by atoms with van der Waals surface area (Å²) in [5, 5.41) is 5.29. The number of benzene rings is 1. The largest absolute Gasteiger partial charge is 0.378 e. The number of carbonyl (C=O) groups is 2. The fourth-order valence-electron chi connectivity index (χ4n) is 2.39. The van der Waals surface area contributed by atoms with Gasteiger partial charge in [-0.3, -0.25) is 15.0 Å². The van der Waals surface area contributed by atoms with Crippen molar-refractivity contribution in [2.75, 3.05) is 25.5 Å². The SMILES string of the molecule is CC1CC(NC(=O)C(=O)NCCc2ccc(N(C)C)cc2)NN1. The van der Waals surface area contributed by atoms with Crippen LogP contribution in [-0.4, -0.2) is 44.7 Å². The third kappa shape index (κ3) is 5.22. The predicted octanol–water partition coefficient (Wildman–Crippen LogP) is -0.260. The van der Waals surface area contributed by atoms with Crippen LogP contribution in [-0.2, 0) is 16.0 Å². The Labute approximate surface area is 136 Å². The number of nitrogens with zero attached hydrogens (tertiary/aromatic N) is 1. The third-order valence-corrected chi connectivity index (χ3v) is 3.76. The minimum atomic E-state index is -0.610. The van der Waals surface area contributed by atoms with E-state index in [0.29, 0.717) is 13.0 Å². The second kappa shape index (κ2) is 7.94. The first-order valence-corrected chi connectivity index (χ1v) is 7.81. The maximum Gasteiger partial charge on any atom is 0.310 e. The average Bonchev–Trinajstić information content (AvgIpc) is 2.92. The Morgan fingerprint density at radius 3 is 2.43 bits per heavy atom. The molecule has 0 radical (unpaired) electrons.